The number of carbonyl (C=O) groups is 1. The van der Waals surface area contributed by atoms with Gasteiger partial charge in [0.05, 0.1) is 18.8 Å². The van der Waals surface area contributed by atoms with Gasteiger partial charge >= 0.3 is 6.03 Å². The molecule has 1 aliphatic rings. The lowest BCUT2D eigenvalue weighted by Crippen LogP contribution is -2.52. The van der Waals surface area contributed by atoms with Gasteiger partial charge in [0.15, 0.2) is 0 Å². The van der Waals surface area contributed by atoms with Crippen LogP contribution in [0.15, 0.2) is 24.3 Å². The van der Waals surface area contributed by atoms with Crippen LogP contribution in [0.2, 0.25) is 0 Å². The van der Waals surface area contributed by atoms with E-state index in [1.807, 2.05) is 38.1 Å². The van der Waals surface area contributed by atoms with Crippen LogP contribution in [-0.2, 0) is 6.42 Å². The van der Waals surface area contributed by atoms with Crippen molar-refractivity contribution < 1.29 is 14.6 Å². The minimum atomic E-state index is -0.496. The number of rotatable bonds is 4. The molecule has 2 N–H and O–H groups in total. The van der Waals surface area contributed by atoms with Crippen molar-refractivity contribution in [2.45, 2.75) is 38.3 Å². The van der Waals surface area contributed by atoms with Crippen molar-refractivity contribution in [3.63, 3.8) is 0 Å². The number of aliphatic hydroxyl groups excluding tert-OH is 1. The molecule has 5 heteroatoms. The van der Waals surface area contributed by atoms with Crippen LogP contribution in [0.3, 0.4) is 0 Å². The van der Waals surface area contributed by atoms with Crippen LogP contribution in [0.1, 0.15) is 25.8 Å². The number of carbonyl (C=O) groups excluding carboxylic acids is 1. The fourth-order valence-electron chi connectivity index (χ4n) is 2.64. The molecule has 116 valence electrons. The van der Waals surface area contributed by atoms with Gasteiger partial charge in [0.2, 0.25) is 0 Å². The van der Waals surface area contributed by atoms with Gasteiger partial charge in [0.1, 0.15) is 5.75 Å². The Morgan fingerprint density at radius 2 is 2.10 bits per heavy atom. The van der Waals surface area contributed by atoms with E-state index >= 15 is 0 Å². The molecule has 0 aromatic heterocycles. The van der Waals surface area contributed by atoms with Gasteiger partial charge < -0.3 is 20.1 Å². The summed E-state index contributed by atoms with van der Waals surface area (Å²) in [6.45, 7) is 4.97. The molecule has 1 aromatic rings. The van der Waals surface area contributed by atoms with Crippen molar-refractivity contribution in [2.75, 3.05) is 20.2 Å². The third kappa shape index (κ3) is 3.47. The van der Waals surface area contributed by atoms with Gasteiger partial charge in [-0.15, -0.1) is 0 Å². The standard InChI is InChI=1S/C16H24N2O3/c1-16(2)14(19)9-11-18(16)15(20)17-10-8-12-4-6-13(21-3)7-5-12/h4-7,14,19H,8-11H2,1-3H3,(H,17,20). The predicted octanol–water partition coefficient (Wildman–Crippen LogP) is 1.79. The molecule has 2 rings (SSSR count). The molecule has 0 saturated carbocycles. The van der Waals surface area contributed by atoms with Crippen molar-refractivity contribution in [3.8, 4) is 5.75 Å². The summed E-state index contributed by atoms with van der Waals surface area (Å²) in [5.41, 5.74) is 0.654. The Morgan fingerprint density at radius 3 is 2.62 bits per heavy atom. The van der Waals surface area contributed by atoms with Crippen molar-refractivity contribution in [1.82, 2.24) is 10.2 Å². The van der Waals surface area contributed by atoms with E-state index in [4.69, 9.17) is 4.74 Å². The molecule has 1 atom stereocenters. The molecule has 1 unspecified atom stereocenters. The average molecular weight is 292 g/mol. The van der Waals surface area contributed by atoms with Crippen LogP contribution in [0.4, 0.5) is 4.79 Å². The Labute approximate surface area is 125 Å². The number of methoxy groups -OCH3 is 1. The molecular weight excluding hydrogens is 268 g/mol. The Balaban J connectivity index is 1.81. The van der Waals surface area contributed by atoms with Crippen molar-refractivity contribution in [1.29, 1.82) is 0 Å². The maximum atomic E-state index is 12.2. The molecule has 0 spiro atoms. The Kier molecular flexibility index (Phi) is 4.73. The van der Waals surface area contributed by atoms with E-state index < -0.39 is 11.6 Å². The Hall–Kier alpha value is -1.75. The summed E-state index contributed by atoms with van der Waals surface area (Å²) in [5, 5.41) is 12.8. The third-order valence-electron chi connectivity index (χ3n) is 4.23. The largest absolute Gasteiger partial charge is 0.497 e. The fourth-order valence-corrected chi connectivity index (χ4v) is 2.64. The lowest BCUT2D eigenvalue weighted by molar-refractivity contribution is 0.0698. The molecule has 2 amide bonds. The first-order valence-electron chi connectivity index (χ1n) is 7.31. The number of nitrogens with zero attached hydrogens (tertiary/aromatic N) is 1. The van der Waals surface area contributed by atoms with Gasteiger partial charge in [0.25, 0.3) is 0 Å². The maximum absolute atomic E-state index is 12.2. The number of nitrogens with one attached hydrogen (secondary N) is 1. The van der Waals surface area contributed by atoms with Gasteiger partial charge in [-0.05, 0) is 44.4 Å². The molecule has 1 fully saturated rings. The highest BCUT2D eigenvalue weighted by atomic mass is 16.5. The monoisotopic (exact) mass is 292 g/mol. The fraction of sp³-hybridized carbons (Fsp3) is 0.562. The molecule has 21 heavy (non-hydrogen) atoms. The number of amides is 2. The first kappa shape index (κ1) is 15.6. The van der Waals surface area contributed by atoms with Crippen molar-refractivity contribution in [3.05, 3.63) is 29.8 Å². The SMILES string of the molecule is COc1ccc(CCNC(=O)N2CCC(O)C2(C)C)cc1. The molecule has 1 aliphatic heterocycles. The van der Waals surface area contributed by atoms with Crippen LogP contribution in [0.5, 0.6) is 5.75 Å². The predicted molar refractivity (Wildman–Crippen MR) is 81.5 cm³/mol. The summed E-state index contributed by atoms with van der Waals surface area (Å²) in [6.07, 6.45) is 0.954. The van der Waals surface area contributed by atoms with E-state index in [1.54, 1.807) is 12.0 Å². The summed E-state index contributed by atoms with van der Waals surface area (Å²) >= 11 is 0. The highest BCUT2D eigenvalue weighted by Crippen LogP contribution is 2.28. The van der Waals surface area contributed by atoms with Gasteiger partial charge in [0, 0.05) is 13.1 Å². The first-order chi connectivity index (χ1) is 9.95. The first-order valence-corrected chi connectivity index (χ1v) is 7.31. The zero-order chi connectivity index (χ0) is 15.5. The number of aliphatic hydroxyl groups is 1. The average Bonchev–Trinajstić information content (AvgIpc) is 2.74. The highest BCUT2D eigenvalue weighted by molar-refractivity contribution is 5.75. The van der Waals surface area contributed by atoms with Crippen LogP contribution >= 0.6 is 0 Å². The normalized spacial score (nSPS) is 20.4. The van der Waals surface area contributed by atoms with Gasteiger partial charge in [-0.1, -0.05) is 12.1 Å². The van der Waals surface area contributed by atoms with Crippen molar-refractivity contribution >= 4 is 6.03 Å². The molecule has 0 bridgehead atoms. The van der Waals surface area contributed by atoms with E-state index in [2.05, 4.69) is 5.32 Å². The minimum absolute atomic E-state index is 0.106. The molecule has 1 saturated heterocycles. The molecule has 0 radical (unpaired) electrons. The summed E-state index contributed by atoms with van der Waals surface area (Å²) in [5.74, 6) is 0.829. The molecule has 0 aliphatic carbocycles. The van der Waals surface area contributed by atoms with Crippen LogP contribution in [0.25, 0.3) is 0 Å². The van der Waals surface area contributed by atoms with E-state index in [-0.39, 0.29) is 6.03 Å². The minimum Gasteiger partial charge on any atom is -0.497 e. The number of ether oxygens (including phenoxy) is 1. The van der Waals surface area contributed by atoms with Gasteiger partial charge in [-0.3, -0.25) is 0 Å². The number of urea groups is 1. The van der Waals surface area contributed by atoms with Crippen LogP contribution in [0, 0.1) is 0 Å². The van der Waals surface area contributed by atoms with Crippen molar-refractivity contribution in [2.24, 2.45) is 0 Å². The van der Waals surface area contributed by atoms with E-state index in [0.717, 1.165) is 17.7 Å². The zero-order valence-electron chi connectivity index (χ0n) is 12.9. The molecule has 5 nitrogen and oxygen atoms in total. The van der Waals surface area contributed by atoms with E-state index in [0.29, 0.717) is 19.5 Å². The van der Waals surface area contributed by atoms with Gasteiger partial charge in [-0.2, -0.15) is 0 Å². The Bertz CT molecular complexity index is 485. The van der Waals surface area contributed by atoms with Gasteiger partial charge in [-0.25, -0.2) is 4.79 Å². The lowest BCUT2D eigenvalue weighted by atomic mass is 9.99. The molecular formula is C16H24N2O3. The zero-order valence-corrected chi connectivity index (χ0v) is 12.9. The second-order valence-corrected chi connectivity index (χ2v) is 5.94. The second-order valence-electron chi connectivity index (χ2n) is 5.94. The highest BCUT2D eigenvalue weighted by Gasteiger charge is 2.42. The number of hydrogen-bond acceptors (Lipinski definition) is 3. The van der Waals surface area contributed by atoms with Crippen LogP contribution < -0.4 is 10.1 Å². The molecule has 1 heterocycles. The smallest absolute Gasteiger partial charge is 0.317 e. The summed E-state index contributed by atoms with van der Waals surface area (Å²) in [4.78, 5) is 13.9. The molecule has 1 aromatic carbocycles. The second kappa shape index (κ2) is 6.35. The quantitative estimate of drug-likeness (QED) is 0.889. The maximum Gasteiger partial charge on any atom is 0.317 e. The van der Waals surface area contributed by atoms with E-state index in [1.165, 1.54) is 0 Å². The lowest BCUT2D eigenvalue weighted by Gasteiger charge is -2.33. The topological polar surface area (TPSA) is 61.8 Å². The Morgan fingerprint density at radius 1 is 1.43 bits per heavy atom. The van der Waals surface area contributed by atoms with Crippen LogP contribution in [-0.4, -0.2) is 47.9 Å². The number of benzene rings is 1. The third-order valence-corrected chi connectivity index (χ3v) is 4.23. The van der Waals surface area contributed by atoms with E-state index in [9.17, 15) is 9.90 Å². The summed E-state index contributed by atoms with van der Waals surface area (Å²) < 4.78 is 5.11. The number of hydrogen-bond donors (Lipinski definition) is 2. The summed E-state index contributed by atoms with van der Waals surface area (Å²) in [7, 11) is 1.64. The summed E-state index contributed by atoms with van der Waals surface area (Å²) in [6, 6.07) is 7.71. The number of likely N-dealkylation sites (tertiary alicyclic amines) is 1.